The lowest BCUT2D eigenvalue weighted by Crippen LogP contribution is -2.10. The van der Waals surface area contributed by atoms with Crippen LogP contribution in [-0.2, 0) is 12.0 Å². The third-order valence-electron chi connectivity index (χ3n) is 1.48. The fourth-order valence-corrected chi connectivity index (χ4v) is 2.37. The molecule has 2 nitrogen and oxygen atoms in total. The molecule has 0 aliphatic rings. The van der Waals surface area contributed by atoms with Crippen molar-refractivity contribution in [2.45, 2.75) is 32.7 Å². The number of hydrogen-bond donors (Lipinski definition) is 1. The maximum atomic E-state index is 5.52. The average Bonchev–Trinajstić information content (AvgIpc) is 2.29. The molecule has 0 saturated heterocycles. The van der Waals surface area contributed by atoms with Crippen molar-refractivity contribution in [1.29, 1.82) is 0 Å². The topological polar surface area (TPSA) is 38.9 Å². The second-order valence-corrected chi connectivity index (χ2v) is 6.01. The lowest BCUT2D eigenvalue weighted by atomic mass is 9.98. The zero-order chi connectivity index (χ0) is 9.35. The Labute approximate surface area is 85.3 Å². The van der Waals surface area contributed by atoms with E-state index in [1.54, 1.807) is 11.3 Å². The van der Waals surface area contributed by atoms with Gasteiger partial charge in [0.05, 0.1) is 14.5 Å². The number of thiazole rings is 1. The van der Waals surface area contributed by atoms with Gasteiger partial charge in [-0.05, 0) is 15.9 Å². The third-order valence-corrected chi connectivity index (χ3v) is 3.74. The highest BCUT2D eigenvalue weighted by atomic mass is 79.9. The molecule has 0 aromatic carbocycles. The predicted molar refractivity (Wildman–Crippen MR) is 56.4 cm³/mol. The Balaban J connectivity index is 3.05. The number of hydrogen-bond acceptors (Lipinski definition) is 3. The van der Waals surface area contributed by atoms with Crippen molar-refractivity contribution in [2.24, 2.45) is 5.73 Å². The van der Waals surface area contributed by atoms with Gasteiger partial charge in [-0.2, -0.15) is 0 Å². The van der Waals surface area contributed by atoms with E-state index in [4.69, 9.17) is 5.73 Å². The highest BCUT2D eigenvalue weighted by Crippen LogP contribution is 2.32. The largest absolute Gasteiger partial charge is 0.325 e. The van der Waals surface area contributed by atoms with Gasteiger partial charge < -0.3 is 5.73 Å². The Morgan fingerprint density at radius 2 is 2.08 bits per heavy atom. The average molecular weight is 249 g/mol. The second-order valence-electron chi connectivity index (χ2n) is 3.69. The van der Waals surface area contributed by atoms with Crippen molar-refractivity contribution in [3.8, 4) is 0 Å². The van der Waals surface area contributed by atoms with Gasteiger partial charge in [-0.3, -0.25) is 0 Å². The first-order valence-corrected chi connectivity index (χ1v) is 5.42. The molecular formula is C8H13BrN2S. The van der Waals surface area contributed by atoms with Gasteiger partial charge in [-0.15, -0.1) is 11.3 Å². The van der Waals surface area contributed by atoms with Gasteiger partial charge in [0.2, 0.25) is 0 Å². The molecule has 0 spiro atoms. The predicted octanol–water partition coefficient (Wildman–Crippen LogP) is 2.66. The van der Waals surface area contributed by atoms with E-state index < -0.39 is 0 Å². The molecule has 0 aliphatic carbocycles. The Bertz CT molecular complexity index is 275. The minimum atomic E-state index is 0.126. The minimum absolute atomic E-state index is 0.126. The molecule has 1 aromatic heterocycles. The molecule has 0 aliphatic heterocycles. The monoisotopic (exact) mass is 248 g/mol. The Morgan fingerprint density at radius 1 is 1.50 bits per heavy atom. The first kappa shape index (κ1) is 10.2. The molecular weight excluding hydrogens is 236 g/mol. The summed E-state index contributed by atoms with van der Waals surface area (Å²) in [4.78, 5) is 4.45. The van der Waals surface area contributed by atoms with Crippen LogP contribution in [-0.4, -0.2) is 4.98 Å². The number of nitrogens with two attached hydrogens (primary N) is 1. The quantitative estimate of drug-likeness (QED) is 0.831. The standard InChI is InChI=1S/C8H13BrN2S/c1-8(2,3)7-11-5(4-10)6(9)12-7/h4,10H2,1-3H3. The van der Waals surface area contributed by atoms with Crippen LogP contribution in [0.25, 0.3) is 0 Å². The third kappa shape index (κ3) is 2.06. The van der Waals surface area contributed by atoms with E-state index in [2.05, 4.69) is 41.7 Å². The molecule has 0 amide bonds. The summed E-state index contributed by atoms with van der Waals surface area (Å²) in [5, 5.41) is 1.13. The molecule has 0 fully saturated rings. The van der Waals surface area contributed by atoms with E-state index in [0.29, 0.717) is 6.54 Å². The van der Waals surface area contributed by atoms with Crippen molar-refractivity contribution in [3.63, 3.8) is 0 Å². The van der Waals surface area contributed by atoms with E-state index in [1.165, 1.54) is 0 Å². The van der Waals surface area contributed by atoms with Crippen LogP contribution in [0.1, 0.15) is 31.5 Å². The van der Waals surface area contributed by atoms with Crippen LogP contribution in [0.4, 0.5) is 0 Å². The molecule has 1 rings (SSSR count). The molecule has 2 N–H and O–H groups in total. The molecule has 0 atom stereocenters. The molecule has 12 heavy (non-hydrogen) atoms. The molecule has 0 radical (unpaired) electrons. The second kappa shape index (κ2) is 3.44. The first-order chi connectivity index (χ1) is 5.45. The van der Waals surface area contributed by atoms with Crippen LogP contribution in [0.3, 0.4) is 0 Å². The summed E-state index contributed by atoms with van der Waals surface area (Å²) in [6.45, 7) is 6.96. The molecule has 68 valence electrons. The number of halogens is 1. The van der Waals surface area contributed by atoms with Crippen LogP contribution < -0.4 is 5.73 Å². The van der Waals surface area contributed by atoms with Crippen LogP contribution in [0.15, 0.2) is 3.79 Å². The molecule has 4 heteroatoms. The van der Waals surface area contributed by atoms with Crippen molar-refractivity contribution >= 4 is 27.3 Å². The highest BCUT2D eigenvalue weighted by molar-refractivity contribution is 9.11. The normalized spacial score (nSPS) is 12.1. The maximum absolute atomic E-state index is 5.52. The number of nitrogens with zero attached hydrogens (tertiary/aromatic N) is 1. The van der Waals surface area contributed by atoms with Gasteiger partial charge in [0.25, 0.3) is 0 Å². The summed E-state index contributed by atoms with van der Waals surface area (Å²) < 4.78 is 1.06. The van der Waals surface area contributed by atoms with Gasteiger partial charge in [-0.1, -0.05) is 20.8 Å². The van der Waals surface area contributed by atoms with Gasteiger partial charge in [0.15, 0.2) is 0 Å². The molecule has 0 bridgehead atoms. The Kier molecular flexibility index (Phi) is 2.91. The fourth-order valence-electron chi connectivity index (χ4n) is 0.780. The summed E-state index contributed by atoms with van der Waals surface area (Å²) in [5.41, 5.74) is 6.61. The molecule has 0 unspecified atom stereocenters. The maximum Gasteiger partial charge on any atom is 0.0994 e. The van der Waals surface area contributed by atoms with E-state index in [9.17, 15) is 0 Å². The van der Waals surface area contributed by atoms with Crippen LogP contribution in [0.5, 0.6) is 0 Å². The Hall–Kier alpha value is 0.0700. The van der Waals surface area contributed by atoms with Crippen molar-refractivity contribution in [2.75, 3.05) is 0 Å². The fraction of sp³-hybridized carbons (Fsp3) is 0.625. The van der Waals surface area contributed by atoms with Gasteiger partial charge in [-0.25, -0.2) is 4.98 Å². The first-order valence-electron chi connectivity index (χ1n) is 3.81. The van der Waals surface area contributed by atoms with Crippen LogP contribution in [0.2, 0.25) is 0 Å². The zero-order valence-corrected chi connectivity index (χ0v) is 9.92. The summed E-state index contributed by atoms with van der Waals surface area (Å²) in [6.07, 6.45) is 0. The van der Waals surface area contributed by atoms with Gasteiger partial charge in [0.1, 0.15) is 0 Å². The lowest BCUT2D eigenvalue weighted by Gasteiger charge is -2.13. The summed E-state index contributed by atoms with van der Waals surface area (Å²) >= 11 is 5.12. The van der Waals surface area contributed by atoms with E-state index >= 15 is 0 Å². The minimum Gasteiger partial charge on any atom is -0.325 e. The van der Waals surface area contributed by atoms with E-state index in [-0.39, 0.29) is 5.41 Å². The van der Waals surface area contributed by atoms with Crippen molar-refractivity contribution in [3.05, 3.63) is 14.5 Å². The molecule has 1 aromatic rings. The van der Waals surface area contributed by atoms with Gasteiger partial charge in [0, 0.05) is 12.0 Å². The molecule has 1 heterocycles. The van der Waals surface area contributed by atoms with Crippen LogP contribution >= 0.6 is 27.3 Å². The number of aromatic nitrogens is 1. The van der Waals surface area contributed by atoms with Crippen molar-refractivity contribution in [1.82, 2.24) is 4.98 Å². The lowest BCUT2D eigenvalue weighted by molar-refractivity contribution is 0.583. The zero-order valence-electron chi connectivity index (χ0n) is 7.52. The Morgan fingerprint density at radius 3 is 2.33 bits per heavy atom. The summed E-state index contributed by atoms with van der Waals surface area (Å²) in [6, 6.07) is 0. The smallest absolute Gasteiger partial charge is 0.0994 e. The summed E-state index contributed by atoms with van der Waals surface area (Å²) in [5.74, 6) is 0. The molecule has 0 saturated carbocycles. The summed E-state index contributed by atoms with van der Waals surface area (Å²) in [7, 11) is 0. The van der Waals surface area contributed by atoms with Gasteiger partial charge >= 0.3 is 0 Å². The number of rotatable bonds is 1. The highest BCUT2D eigenvalue weighted by Gasteiger charge is 2.19. The SMILES string of the molecule is CC(C)(C)c1nc(CN)c(Br)s1. The van der Waals surface area contributed by atoms with Crippen LogP contribution in [0, 0.1) is 0 Å². The van der Waals surface area contributed by atoms with E-state index in [1.807, 2.05) is 0 Å². The van der Waals surface area contributed by atoms with E-state index in [0.717, 1.165) is 14.5 Å². The van der Waals surface area contributed by atoms with Crippen molar-refractivity contribution < 1.29 is 0 Å².